The number of nitrogens with one attached hydrogen (secondary N) is 1. The first-order valence-corrected chi connectivity index (χ1v) is 7.77. The largest absolute Gasteiger partial charge is 0.467 e. The number of nitrogens with zero attached hydrogens (tertiary/aromatic N) is 1. The fourth-order valence-corrected chi connectivity index (χ4v) is 1.98. The van der Waals surface area contributed by atoms with Crippen molar-refractivity contribution in [3.8, 4) is 6.07 Å². The molecular formula is C18H22N2O5. The second-order valence-corrected chi connectivity index (χ2v) is 6.36. The van der Waals surface area contributed by atoms with E-state index < -0.39 is 29.5 Å². The molecule has 0 aromatic heterocycles. The first-order chi connectivity index (χ1) is 11.7. The minimum atomic E-state index is -0.972. The summed E-state index contributed by atoms with van der Waals surface area (Å²) in [4.78, 5) is 35.9. The Morgan fingerprint density at radius 1 is 1.20 bits per heavy atom. The number of rotatable bonds is 6. The fourth-order valence-electron chi connectivity index (χ4n) is 1.98. The third-order valence-corrected chi connectivity index (χ3v) is 3.12. The van der Waals surface area contributed by atoms with Crippen LogP contribution in [0.3, 0.4) is 0 Å². The van der Waals surface area contributed by atoms with E-state index in [2.05, 4.69) is 10.1 Å². The van der Waals surface area contributed by atoms with E-state index >= 15 is 0 Å². The number of amides is 1. The van der Waals surface area contributed by atoms with Crippen molar-refractivity contribution in [3.63, 3.8) is 0 Å². The van der Waals surface area contributed by atoms with E-state index in [4.69, 9.17) is 10.00 Å². The first kappa shape index (κ1) is 20.2. The molecule has 0 radical (unpaired) electrons. The van der Waals surface area contributed by atoms with Crippen molar-refractivity contribution in [2.45, 2.75) is 45.3 Å². The van der Waals surface area contributed by atoms with Crippen molar-refractivity contribution in [1.82, 2.24) is 5.32 Å². The molecule has 134 valence electrons. The average molecular weight is 346 g/mol. The van der Waals surface area contributed by atoms with Gasteiger partial charge in [-0.15, -0.1) is 0 Å². The number of methoxy groups -OCH3 is 1. The van der Waals surface area contributed by atoms with Gasteiger partial charge in [0, 0.05) is 12.0 Å². The van der Waals surface area contributed by atoms with Gasteiger partial charge >= 0.3 is 11.9 Å². The lowest BCUT2D eigenvalue weighted by molar-refractivity contribution is -0.155. The summed E-state index contributed by atoms with van der Waals surface area (Å²) < 4.78 is 9.85. The molecule has 0 unspecified atom stereocenters. The van der Waals surface area contributed by atoms with E-state index in [0.717, 1.165) is 0 Å². The summed E-state index contributed by atoms with van der Waals surface area (Å²) in [7, 11) is 1.21. The Hall–Kier alpha value is -2.88. The van der Waals surface area contributed by atoms with E-state index in [1.165, 1.54) is 31.4 Å². The molecule has 0 saturated heterocycles. The standard InChI is InChI=1S/C18H22N2O5/c1-18(2,3)25-15(21)10-9-14(17(23)24-4)20-16(22)13-7-5-12(11-19)6-8-13/h5-8,14H,9-10H2,1-4H3,(H,20,22)/t14-/m1/s1. The normalized spacial score (nSPS) is 11.8. The molecule has 1 rings (SSSR count). The third kappa shape index (κ3) is 7.04. The Kier molecular flexibility index (Phi) is 7.12. The highest BCUT2D eigenvalue weighted by Gasteiger charge is 2.24. The maximum absolute atomic E-state index is 12.2. The summed E-state index contributed by atoms with van der Waals surface area (Å²) in [5.41, 5.74) is 0.0972. The van der Waals surface area contributed by atoms with Crippen molar-refractivity contribution in [2.75, 3.05) is 7.11 Å². The first-order valence-electron chi connectivity index (χ1n) is 7.77. The number of hydrogen-bond acceptors (Lipinski definition) is 6. The van der Waals surface area contributed by atoms with Crippen LogP contribution in [0.25, 0.3) is 0 Å². The fraction of sp³-hybridized carbons (Fsp3) is 0.444. The Balaban J connectivity index is 2.72. The van der Waals surface area contributed by atoms with E-state index in [0.29, 0.717) is 11.1 Å². The lowest BCUT2D eigenvalue weighted by Crippen LogP contribution is -2.42. The molecule has 0 aliphatic rings. The summed E-state index contributed by atoms with van der Waals surface area (Å²) >= 11 is 0. The third-order valence-electron chi connectivity index (χ3n) is 3.12. The quantitative estimate of drug-likeness (QED) is 0.789. The molecule has 1 aromatic rings. The van der Waals surface area contributed by atoms with Gasteiger partial charge in [-0.1, -0.05) is 0 Å². The van der Waals surface area contributed by atoms with Gasteiger partial charge in [-0.05, 0) is 51.5 Å². The van der Waals surface area contributed by atoms with Crippen LogP contribution in [0.5, 0.6) is 0 Å². The van der Waals surface area contributed by atoms with Crippen LogP contribution in [-0.2, 0) is 19.1 Å². The average Bonchev–Trinajstić information content (AvgIpc) is 2.56. The van der Waals surface area contributed by atoms with Crippen LogP contribution in [0.15, 0.2) is 24.3 Å². The molecule has 7 heteroatoms. The number of esters is 2. The summed E-state index contributed by atoms with van der Waals surface area (Å²) in [6.45, 7) is 5.24. The summed E-state index contributed by atoms with van der Waals surface area (Å²) in [5.74, 6) is -1.61. The monoisotopic (exact) mass is 346 g/mol. The van der Waals surface area contributed by atoms with Crippen LogP contribution < -0.4 is 5.32 Å². The SMILES string of the molecule is COC(=O)[C@@H](CCC(=O)OC(C)(C)C)NC(=O)c1ccc(C#N)cc1. The molecule has 1 N–H and O–H groups in total. The molecule has 7 nitrogen and oxygen atoms in total. The number of ether oxygens (including phenoxy) is 2. The van der Waals surface area contributed by atoms with E-state index in [9.17, 15) is 14.4 Å². The van der Waals surface area contributed by atoms with Crippen LogP contribution in [0, 0.1) is 11.3 Å². The van der Waals surface area contributed by atoms with E-state index in [-0.39, 0.29) is 12.8 Å². The predicted octanol–water partition coefficient (Wildman–Crippen LogP) is 1.95. The summed E-state index contributed by atoms with van der Waals surface area (Å²) in [5, 5.41) is 11.3. The highest BCUT2D eigenvalue weighted by atomic mass is 16.6. The van der Waals surface area contributed by atoms with Crippen molar-refractivity contribution in [3.05, 3.63) is 35.4 Å². The molecule has 1 aromatic carbocycles. The Bertz CT molecular complexity index is 668. The lowest BCUT2D eigenvalue weighted by Gasteiger charge is -2.21. The minimum Gasteiger partial charge on any atom is -0.467 e. The Morgan fingerprint density at radius 2 is 1.80 bits per heavy atom. The summed E-state index contributed by atoms with van der Waals surface area (Å²) in [6, 6.07) is 6.95. The molecule has 0 spiro atoms. The van der Waals surface area contributed by atoms with Crippen molar-refractivity contribution in [2.24, 2.45) is 0 Å². The molecule has 25 heavy (non-hydrogen) atoms. The van der Waals surface area contributed by atoms with Gasteiger partial charge in [-0.3, -0.25) is 9.59 Å². The highest BCUT2D eigenvalue weighted by molar-refractivity contribution is 5.96. The molecule has 0 saturated carbocycles. The van der Waals surface area contributed by atoms with Gasteiger partial charge in [-0.2, -0.15) is 5.26 Å². The molecular weight excluding hydrogens is 324 g/mol. The van der Waals surface area contributed by atoms with Gasteiger partial charge in [0.2, 0.25) is 0 Å². The van der Waals surface area contributed by atoms with Gasteiger partial charge in [0.1, 0.15) is 11.6 Å². The zero-order valence-electron chi connectivity index (χ0n) is 14.8. The topological polar surface area (TPSA) is 105 Å². The van der Waals surface area contributed by atoms with Gasteiger partial charge in [0.15, 0.2) is 0 Å². The summed E-state index contributed by atoms with van der Waals surface area (Å²) in [6.07, 6.45) is 0.0221. The molecule has 0 aliphatic heterocycles. The van der Waals surface area contributed by atoms with Crippen molar-refractivity contribution >= 4 is 17.8 Å². The molecule has 1 amide bonds. The van der Waals surface area contributed by atoms with Crippen molar-refractivity contribution < 1.29 is 23.9 Å². The smallest absolute Gasteiger partial charge is 0.328 e. The Morgan fingerprint density at radius 3 is 2.28 bits per heavy atom. The molecule has 0 bridgehead atoms. The maximum atomic E-state index is 12.2. The van der Waals surface area contributed by atoms with Crippen LogP contribution in [-0.4, -0.2) is 36.6 Å². The van der Waals surface area contributed by atoms with Gasteiger partial charge < -0.3 is 14.8 Å². The van der Waals surface area contributed by atoms with E-state index in [1.807, 2.05) is 6.07 Å². The van der Waals surface area contributed by atoms with Crippen LogP contribution in [0.1, 0.15) is 49.5 Å². The van der Waals surface area contributed by atoms with Gasteiger partial charge in [0.25, 0.3) is 5.91 Å². The van der Waals surface area contributed by atoms with Crippen LogP contribution in [0.4, 0.5) is 0 Å². The zero-order valence-corrected chi connectivity index (χ0v) is 14.8. The maximum Gasteiger partial charge on any atom is 0.328 e. The van der Waals surface area contributed by atoms with Gasteiger partial charge in [0.05, 0.1) is 18.7 Å². The zero-order chi connectivity index (χ0) is 19.0. The second kappa shape index (κ2) is 8.83. The highest BCUT2D eigenvalue weighted by Crippen LogP contribution is 2.11. The van der Waals surface area contributed by atoms with Crippen molar-refractivity contribution in [1.29, 1.82) is 5.26 Å². The molecule has 0 fully saturated rings. The number of carbonyl (C=O) groups excluding carboxylic acids is 3. The molecule has 0 aliphatic carbocycles. The number of nitriles is 1. The minimum absolute atomic E-state index is 0.0370. The lowest BCUT2D eigenvalue weighted by atomic mass is 10.1. The predicted molar refractivity (Wildman–Crippen MR) is 89.5 cm³/mol. The number of hydrogen-bond donors (Lipinski definition) is 1. The molecule has 0 heterocycles. The van der Waals surface area contributed by atoms with E-state index in [1.54, 1.807) is 20.8 Å². The second-order valence-electron chi connectivity index (χ2n) is 6.36. The molecule has 1 atom stereocenters. The number of benzene rings is 1. The number of carbonyl (C=O) groups is 3. The Labute approximate surface area is 146 Å². The van der Waals surface area contributed by atoms with Crippen LogP contribution in [0.2, 0.25) is 0 Å². The van der Waals surface area contributed by atoms with Crippen LogP contribution >= 0.6 is 0 Å². The van der Waals surface area contributed by atoms with Gasteiger partial charge in [-0.25, -0.2) is 4.79 Å².